The average molecular weight is 498 g/mol. The Morgan fingerprint density at radius 2 is 1.58 bits per heavy atom. The maximum absolute atomic E-state index is 12.2. The van der Waals surface area contributed by atoms with E-state index in [-0.39, 0.29) is 23.8 Å². The molecule has 5 nitrogen and oxygen atoms in total. The van der Waals surface area contributed by atoms with Gasteiger partial charge < -0.3 is 9.47 Å². The van der Waals surface area contributed by atoms with Crippen LogP contribution in [0.4, 0.5) is 0 Å². The largest absolute Gasteiger partial charge is 0.426 e. The molecule has 0 saturated carbocycles. The molecule has 1 aromatic rings. The zero-order valence-electron chi connectivity index (χ0n) is 23.8. The van der Waals surface area contributed by atoms with Crippen LogP contribution < -0.4 is 9.47 Å². The van der Waals surface area contributed by atoms with Crippen molar-refractivity contribution < 1.29 is 19.1 Å². The fourth-order valence-corrected chi connectivity index (χ4v) is 5.31. The SMILES string of the molecule is C=C(CN(C(C)C)C(C)C)[C@@H]1CCC(C)=CC1c1c(OC(C)=O)cc(CCCCC)cc1OC(C)=O. The summed E-state index contributed by atoms with van der Waals surface area (Å²) >= 11 is 0. The second kappa shape index (κ2) is 13.8. The van der Waals surface area contributed by atoms with E-state index >= 15 is 0 Å². The Balaban J connectivity index is 2.62. The standard InChI is InChI=1S/C31H47NO4/c1-10-11-12-13-26-17-29(35-24(8)33)31(30(18-26)36-25(9)34)28-16-22(6)14-15-27(28)23(7)19-32(20(2)3)21(4)5/h16-18,20-21,27-28H,7,10-15,19H2,1-6,8-9H3/t27-,28?/m0/s1. The van der Waals surface area contributed by atoms with Gasteiger partial charge in [-0.2, -0.15) is 0 Å². The van der Waals surface area contributed by atoms with Crippen molar-refractivity contribution in [3.8, 4) is 11.5 Å². The molecule has 0 N–H and O–H groups in total. The first-order valence-electron chi connectivity index (χ1n) is 13.6. The van der Waals surface area contributed by atoms with E-state index in [0.29, 0.717) is 23.6 Å². The molecule has 0 radical (unpaired) electrons. The lowest BCUT2D eigenvalue weighted by atomic mass is 9.73. The minimum atomic E-state index is -0.381. The molecule has 2 atom stereocenters. The Bertz CT molecular complexity index is 914. The van der Waals surface area contributed by atoms with Gasteiger partial charge in [-0.05, 0) is 83.9 Å². The number of hydrogen-bond donors (Lipinski definition) is 0. The molecule has 0 fully saturated rings. The summed E-state index contributed by atoms with van der Waals surface area (Å²) < 4.78 is 11.6. The number of benzene rings is 1. The Morgan fingerprint density at radius 3 is 2.06 bits per heavy atom. The van der Waals surface area contributed by atoms with Crippen molar-refractivity contribution in [1.82, 2.24) is 4.90 Å². The van der Waals surface area contributed by atoms with Gasteiger partial charge in [0.15, 0.2) is 0 Å². The number of allylic oxidation sites excluding steroid dienone is 2. The molecule has 1 aliphatic carbocycles. The molecule has 0 aliphatic heterocycles. The van der Waals surface area contributed by atoms with E-state index in [1.807, 2.05) is 12.1 Å². The maximum atomic E-state index is 12.2. The lowest BCUT2D eigenvalue weighted by molar-refractivity contribution is -0.132. The van der Waals surface area contributed by atoms with E-state index in [2.05, 4.69) is 59.1 Å². The van der Waals surface area contributed by atoms with Crippen LogP contribution in [0.1, 0.15) is 105 Å². The molecule has 0 bridgehead atoms. The maximum Gasteiger partial charge on any atom is 0.308 e. The molecule has 36 heavy (non-hydrogen) atoms. The van der Waals surface area contributed by atoms with Crippen molar-refractivity contribution in [2.24, 2.45) is 5.92 Å². The van der Waals surface area contributed by atoms with Crippen LogP contribution in [0.25, 0.3) is 0 Å². The number of unbranched alkanes of at least 4 members (excludes halogenated alkanes) is 2. The summed E-state index contributed by atoms with van der Waals surface area (Å²) in [4.78, 5) is 26.8. The number of hydrogen-bond acceptors (Lipinski definition) is 5. The van der Waals surface area contributed by atoms with Crippen LogP contribution in [0.3, 0.4) is 0 Å². The van der Waals surface area contributed by atoms with Crippen molar-refractivity contribution >= 4 is 11.9 Å². The molecule has 2 rings (SSSR count). The van der Waals surface area contributed by atoms with Gasteiger partial charge in [0, 0.05) is 44.0 Å². The molecule has 0 spiro atoms. The van der Waals surface area contributed by atoms with Crippen molar-refractivity contribution in [3.05, 3.63) is 47.1 Å². The monoisotopic (exact) mass is 497 g/mol. The lowest BCUT2D eigenvalue weighted by Gasteiger charge is -2.37. The molecule has 1 unspecified atom stereocenters. The Morgan fingerprint density at radius 1 is 1.03 bits per heavy atom. The van der Waals surface area contributed by atoms with Gasteiger partial charge in [0.1, 0.15) is 11.5 Å². The highest BCUT2D eigenvalue weighted by molar-refractivity contribution is 5.73. The van der Waals surface area contributed by atoms with Gasteiger partial charge in [-0.3, -0.25) is 14.5 Å². The molecule has 0 saturated heterocycles. The predicted molar refractivity (Wildman–Crippen MR) is 148 cm³/mol. The van der Waals surface area contributed by atoms with Gasteiger partial charge in [0.05, 0.1) is 0 Å². The summed E-state index contributed by atoms with van der Waals surface area (Å²) in [5.41, 5.74) is 4.21. The van der Waals surface area contributed by atoms with Crippen LogP contribution in [0.2, 0.25) is 0 Å². The average Bonchev–Trinajstić information content (AvgIpc) is 2.76. The zero-order valence-corrected chi connectivity index (χ0v) is 23.8. The fourth-order valence-electron chi connectivity index (χ4n) is 5.31. The van der Waals surface area contributed by atoms with E-state index in [1.165, 1.54) is 19.4 Å². The van der Waals surface area contributed by atoms with Crippen LogP contribution in [0, 0.1) is 5.92 Å². The van der Waals surface area contributed by atoms with Gasteiger partial charge in [-0.1, -0.05) is 43.6 Å². The molecule has 0 amide bonds. The molecule has 5 heteroatoms. The summed E-state index contributed by atoms with van der Waals surface area (Å²) in [5.74, 6) is 0.267. The first-order valence-corrected chi connectivity index (χ1v) is 13.6. The first kappa shape index (κ1) is 29.8. The Labute approximate surface area is 218 Å². The minimum absolute atomic E-state index is 0.0965. The summed E-state index contributed by atoms with van der Waals surface area (Å²) in [5, 5.41) is 0. The van der Waals surface area contributed by atoms with E-state index < -0.39 is 0 Å². The summed E-state index contributed by atoms with van der Waals surface area (Å²) in [6, 6.07) is 4.73. The van der Waals surface area contributed by atoms with Crippen molar-refractivity contribution in [3.63, 3.8) is 0 Å². The third-order valence-corrected chi connectivity index (χ3v) is 7.06. The number of rotatable bonds is 12. The normalized spacial score (nSPS) is 17.9. The number of ether oxygens (including phenoxy) is 2. The Kier molecular flexibility index (Phi) is 11.4. The molecular weight excluding hydrogens is 450 g/mol. The Hall–Kier alpha value is -2.40. The molecule has 0 heterocycles. The van der Waals surface area contributed by atoms with E-state index in [4.69, 9.17) is 9.47 Å². The first-order chi connectivity index (χ1) is 16.9. The molecule has 0 aromatic heterocycles. The number of carbonyl (C=O) groups excluding carboxylic acids is 2. The van der Waals surface area contributed by atoms with Crippen molar-refractivity contribution in [2.75, 3.05) is 6.54 Å². The lowest BCUT2D eigenvalue weighted by Crippen LogP contribution is -2.39. The summed E-state index contributed by atoms with van der Waals surface area (Å²) in [6.07, 6.45) is 8.28. The number of aryl methyl sites for hydroxylation is 1. The molecular formula is C31H47NO4. The molecule has 200 valence electrons. The van der Waals surface area contributed by atoms with E-state index in [1.54, 1.807) is 0 Å². The van der Waals surface area contributed by atoms with Gasteiger partial charge in [0.2, 0.25) is 0 Å². The third kappa shape index (κ3) is 8.33. The van der Waals surface area contributed by atoms with Gasteiger partial charge in [0.25, 0.3) is 0 Å². The van der Waals surface area contributed by atoms with Crippen molar-refractivity contribution in [2.45, 2.75) is 112 Å². The van der Waals surface area contributed by atoms with Crippen LogP contribution >= 0.6 is 0 Å². The highest BCUT2D eigenvalue weighted by atomic mass is 16.5. The highest BCUT2D eigenvalue weighted by Crippen LogP contribution is 2.47. The van der Waals surface area contributed by atoms with Crippen LogP contribution in [-0.2, 0) is 16.0 Å². The number of nitrogens with zero attached hydrogens (tertiary/aromatic N) is 1. The zero-order chi connectivity index (χ0) is 27.0. The summed E-state index contributed by atoms with van der Waals surface area (Å²) in [7, 11) is 0. The number of carbonyl (C=O) groups is 2. The van der Waals surface area contributed by atoms with Crippen LogP contribution in [-0.4, -0.2) is 35.5 Å². The van der Waals surface area contributed by atoms with E-state index in [9.17, 15) is 9.59 Å². The van der Waals surface area contributed by atoms with Gasteiger partial charge in [-0.15, -0.1) is 0 Å². The van der Waals surface area contributed by atoms with Crippen LogP contribution in [0.5, 0.6) is 11.5 Å². The number of esters is 2. The third-order valence-electron chi connectivity index (χ3n) is 7.06. The van der Waals surface area contributed by atoms with Gasteiger partial charge >= 0.3 is 11.9 Å². The van der Waals surface area contributed by atoms with Crippen LogP contribution in [0.15, 0.2) is 35.9 Å². The smallest absolute Gasteiger partial charge is 0.308 e. The van der Waals surface area contributed by atoms with Crippen molar-refractivity contribution in [1.29, 1.82) is 0 Å². The minimum Gasteiger partial charge on any atom is -0.426 e. The predicted octanol–water partition coefficient (Wildman–Crippen LogP) is 7.38. The molecule has 1 aliphatic rings. The molecule has 1 aromatic carbocycles. The summed E-state index contributed by atoms with van der Waals surface area (Å²) in [6.45, 7) is 21.3. The fraction of sp³-hybridized carbons (Fsp3) is 0.613. The van der Waals surface area contributed by atoms with E-state index in [0.717, 1.165) is 61.8 Å². The quantitative estimate of drug-likeness (QED) is 0.130. The second-order valence-electron chi connectivity index (χ2n) is 10.9. The topological polar surface area (TPSA) is 55.8 Å². The second-order valence-corrected chi connectivity index (χ2v) is 10.9. The highest BCUT2D eigenvalue weighted by Gasteiger charge is 2.34. The van der Waals surface area contributed by atoms with Gasteiger partial charge in [-0.25, -0.2) is 0 Å².